The molecule has 0 aliphatic rings. The highest BCUT2D eigenvalue weighted by molar-refractivity contribution is 14.1. The second-order valence-electron chi connectivity index (χ2n) is 1.91. The first-order chi connectivity index (χ1) is 3.27. The summed E-state index contributed by atoms with van der Waals surface area (Å²) < 4.78 is 0. The van der Waals surface area contributed by atoms with Crippen molar-refractivity contribution in [3.05, 3.63) is 0 Å². The zero-order valence-corrected chi connectivity index (χ0v) is 7.90. The van der Waals surface area contributed by atoms with Crippen molar-refractivity contribution in [3.8, 4) is 0 Å². The molecule has 0 bridgehead atoms. The molecule has 3 heteroatoms. The van der Waals surface area contributed by atoms with Crippen LogP contribution >= 0.6 is 30.8 Å². The standard InChI is InChI=1S/C4H10BIP/c1-4(2)3-7-5-6/h4,7H,3H2,1-2H3. The molecule has 0 fully saturated rings. The molecule has 41 valence electrons. The Kier molecular flexibility index (Phi) is 6.30. The number of halogens is 1. The molecule has 0 aromatic heterocycles. The predicted octanol–water partition coefficient (Wildman–Crippen LogP) is 2.29. The molecule has 0 saturated carbocycles. The maximum Gasteiger partial charge on any atom is 0.230 e. The van der Waals surface area contributed by atoms with Crippen LogP contribution in [0.3, 0.4) is 0 Å². The monoisotopic (exact) mass is 227 g/mol. The summed E-state index contributed by atoms with van der Waals surface area (Å²) in [6, 6.07) is 0. The van der Waals surface area contributed by atoms with E-state index in [9.17, 15) is 0 Å². The van der Waals surface area contributed by atoms with Crippen molar-refractivity contribution in [2.45, 2.75) is 13.8 Å². The molecule has 0 heterocycles. The molecule has 1 atom stereocenters. The molecular formula is C4H10BIP. The highest BCUT2D eigenvalue weighted by atomic mass is 127. The first-order valence-electron chi connectivity index (χ1n) is 2.42. The lowest BCUT2D eigenvalue weighted by Gasteiger charge is -1.98. The van der Waals surface area contributed by atoms with Crippen LogP contribution in [-0.2, 0) is 0 Å². The van der Waals surface area contributed by atoms with Crippen LogP contribution in [0.5, 0.6) is 0 Å². The van der Waals surface area contributed by atoms with Gasteiger partial charge in [-0.25, -0.2) is 0 Å². The lowest BCUT2D eigenvalue weighted by Crippen LogP contribution is -1.87. The quantitative estimate of drug-likeness (QED) is 0.394. The normalized spacial score (nSPS) is 11.4. The van der Waals surface area contributed by atoms with Gasteiger partial charge in [0.25, 0.3) is 0 Å². The third-order valence-electron chi connectivity index (χ3n) is 0.603. The van der Waals surface area contributed by atoms with Gasteiger partial charge in [0.05, 0.1) is 0 Å². The van der Waals surface area contributed by atoms with Crippen molar-refractivity contribution in [1.29, 1.82) is 0 Å². The van der Waals surface area contributed by atoms with Crippen LogP contribution < -0.4 is 0 Å². The Morgan fingerprint density at radius 3 is 2.43 bits per heavy atom. The predicted molar refractivity (Wildman–Crippen MR) is 47.8 cm³/mol. The molecule has 1 radical (unpaired) electrons. The van der Waals surface area contributed by atoms with E-state index in [1.165, 1.54) is 6.16 Å². The molecule has 0 aromatic rings. The largest absolute Gasteiger partial charge is 0.230 e. The molecule has 0 aliphatic heterocycles. The summed E-state index contributed by atoms with van der Waals surface area (Å²) in [4.78, 5) is 2.22. The van der Waals surface area contributed by atoms with E-state index in [1.807, 2.05) is 0 Å². The molecule has 0 saturated heterocycles. The maximum absolute atomic E-state index is 2.31. The van der Waals surface area contributed by atoms with Crippen molar-refractivity contribution in [2.24, 2.45) is 5.92 Å². The van der Waals surface area contributed by atoms with Crippen molar-refractivity contribution < 1.29 is 0 Å². The Hall–Kier alpha value is 1.22. The Balaban J connectivity index is 2.68. The third-order valence-corrected chi connectivity index (χ3v) is 3.13. The summed E-state index contributed by atoms with van der Waals surface area (Å²) in [5.41, 5.74) is 0. The van der Waals surface area contributed by atoms with Crippen molar-refractivity contribution in [2.75, 3.05) is 6.16 Å². The number of rotatable bonds is 3. The van der Waals surface area contributed by atoms with Crippen LogP contribution in [0.4, 0.5) is 0 Å². The highest BCUT2D eigenvalue weighted by Crippen LogP contribution is 2.14. The maximum atomic E-state index is 2.31. The minimum absolute atomic E-state index is 0.879. The average Bonchev–Trinajstić information content (AvgIpc) is 1.61. The molecule has 0 rings (SSSR count). The van der Waals surface area contributed by atoms with Gasteiger partial charge in [0.2, 0.25) is 4.86 Å². The summed E-state index contributed by atoms with van der Waals surface area (Å²) in [5, 5.41) is 0. The van der Waals surface area contributed by atoms with E-state index in [2.05, 4.69) is 41.1 Å². The van der Waals surface area contributed by atoms with Gasteiger partial charge in [0.15, 0.2) is 0 Å². The molecule has 0 aliphatic carbocycles. The molecule has 0 spiro atoms. The number of hydrogen-bond acceptors (Lipinski definition) is 0. The Morgan fingerprint density at radius 2 is 2.29 bits per heavy atom. The van der Waals surface area contributed by atoms with Gasteiger partial charge in [0.1, 0.15) is 0 Å². The zero-order chi connectivity index (χ0) is 5.70. The zero-order valence-electron chi connectivity index (χ0n) is 4.74. The topological polar surface area (TPSA) is 0 Å². The second-order valence-corrected chi connectivity index (χ2v) is 4.81. The second kappa shape index (κ2) is 5.36. The lowest BCUT2D eigenvalue weighted by molar-refractivity contribution is 0.750. The van der Waals surface area contributed by atoms with Gasteiger partial charge in [-0.3, -0.25) is 0 Å². The summed E-state index contributed by atoms with van der Waals surface area (Å²) >= 11 is 2.31. The number of hydrogen-bond donors (Lipinski definition) is 0. The average molecular weight is 227 g/mol. The molecule has 0 aromatic carbocycles. The smallest absolute Gasteiger partial charge is 0.152 e. The molecular weight excluding hydrogens is 217 g/mol. The molecule has 0 nitrogen and oxygen atoms in total. The van der Waals surface area contributed by atoms with E-state index >= 15 is 0 Å². The van der Waals surface area contributed by atoms with Crippen LogP contribution in [0.1, 0.15) is 13.8 Å². The van der Waals surface area contributed by atoms with E-state index < -0.39 is 0 Å². The van der Waals surface area contributed by atoms with E-state index in [1.54, 1.807) is 0 Å². The van der Waals surface area contributed by atoms with Crippen molar-refractivity contribution >= 4 is 35.7 Å². The Morgan fingerprint density at radius 1 is 1.71 bits per heavy atom. The Labute approximate surface area is 61.7 Å². The summed E-state index contributed by atoms with van der Waals surface area (Å²) in [6.45, 7) is 4.51. The van der Waals surface area contributed by atoms with Crippen LogP contribution in [-0.4, -0.2) is 11.0 Å². The molecule has 0 amide bonds. The molecule has 7 heavy (non-hydrogen) atoms. The van der Waals surface area contributed by atoms with Crippen LogP contribution in [0, 0.1) is 5.92 Å². The van der Waals surface area contributed by atoms with Crippen molar-refractivity contribution in [3.63, 3.8) is 0 Å². The van der Waals surface area contributed by atoms with E-state index in [4.69, 9.17) is 0 Å². The third kappa shape index (κ3) is 7.22. The van der Waals surface area contributed by atoms with Crippen LogP contribution in [0.2, 0.25) is 0 Å². The van der Waals surface area contributed by atoms with Gasteiger partial charge in [-0.1, -0.05) is 13.8 Å². The summed E-state index contributed by atoms with van der Waals surface area (Å²) in [7, 11) is 1.06. The first kappa shape index (κ1) is 8.22. The van der Waals surface area contributed by atoms with Crippen molar-refractivity contribution in [1.82, 2.24) is 0 Å². The lowest BCUT2D eigenvalue weighted by atomic mass is 10.3. The van der Waals surface area contributed by atoms with Gasteiger partial charge >= 0.3 is 0 Å². The van der Waals surface area contributed by atoms with Gasteiger partial charge in [-0.15, -0.1) is 8.46 Å². The van der Waals surface area contributed by atoms with Gasteiger partial charge in [0, 0.05) is 0 Å². The highest BCUT2D eigenvalue weighted by Gasteiger charge is 1.90. The first-order valence-corrected chi connectivity index (χ1v) is 4.95. The fourth-order valence-corrected chi connectivity index (χ4v) is 1.60. The molecule has 1 unspecified atom stereocenters. The Bertz CT molecular complexity index is 40.7. The van der Waals surface area contributed by atoms with Gasteiger partial charge in [-0.2, -0.15) is 22.4 Å². The van der Waals surface area contributed by atoms with Crippen LogP contribution in [0.15, 0.2) is 0 Å². The van der Waals surface area contributed by atoms with E-state index in [0.29, 0.717) is 0 Å². The van der Waals surface area contributed by atoms with Crippen LogP contribution in [0.25, 0.3) is 0 Å². The van der Waals surface area contributed by atoms with E-state index in [0.717, 1.165) is 14.4 Å². The van der Waals surface area contributed by atoms with Gasteiger partial charge in [-0.05, 0) is 12.1 Å². The summed E-state index contributed by atoms with van der Waals surface area (Å²) in [6.07, 6.45) is 1.36. The fraction of sp³-hybridized carbons (Fsp3) is 1.00. The summed E-state index contributed by atoms with van der Waals surface area (Å²) in [5.74, 6) is 0.879. The molecule has 0 N–H and O–H groups in total. The van der Waals surface area contributed by atoms with Gasteiger partial charge < -0.3 is 0 Å². The minimum atomic E-state index is 0.879. The minimum Gasteiger partial charge on any atom is -0.152 e. The SMILES string of the molecule is CC(C)CP[B]I. The van der Waals surface area contributed by atoms with E-state index in [-0.39, 0.29) is 0 Å². The fourth-order valence-electron chi connectivity index (χ4n) is 0.280.